The lowest BCUT2D eigenvalue weighted by Gasteiger charge is -2.43. The molecule has 3 rings (SSSR count). The second kappa shape index (κ2) is 5.15. The molecule has 1 aliphatic rings. The minimum Gasteiger partial charge on any atom is -0.315 e. The number of hydrogen-bond donors (Lipinski definition) is 1. The van der Waals surface area contributed by atoms with Crippen LogP contribution >= 0.6 is 11.6 Å². The maximum atomic E-state index is 14.1. The van der Waals surface area contributed by atoms with Crippen molar-refractivity contribution in [3.8, 4) is 0 Å². The first-order chi connectivity index (χ1) is 9.62. The van der Waals surface area contributed by atoms with Crippen LogP contribution in [0.3, 0.4) is 0 Å². The van der Waals surface area contributed by atoms with Crippen LogP contribution < -0.4 is 5.32 Å². The second-order valence-electron chi connectivity index (χ2n) is 5.25. The lowest BCUT2D eigenvalue weighted by atomic mass is 9.70. The van der Waals surface area contributed by atoms with Crippen molar-refractivity contribution in [2.45, 2.75) is 11.8 Å². The van der Waals surface area contributed by atoms with Gasteiger partial charge in [0.1, 0.15) is 11.6 Å². The van der Waals surface area contributed by atoms with Crippen LogP contribution in [0, 0.1) is 11.6 Å². The zero-order chi connectivity index (χ0) is 14.2. The zero-order valence-electron chi connectivity index (χ0n) is 10.8. The van der Waals surface area contributed by atoms with Gasteiger partial charge in [-0.05, 0) is 29.7 Å². The van der Waals surface area contributed by atoms with E-state index in [1.807, 2.05) is 6.07 Å². The summed E-state index contributed by atoms with van der Waals surface area (Å²) in [4.78, 5) is 0. The van der Waals surface area contributed by atoms with Crippen molar-refractivity contribution in [3.63, 3.8) is 0 Å². The predicted octanol–water partition coefficient (Wildman–Crippen LogP) is 3.70. The number of halogens is 3. The third-order valence-electron chi connectivity index (χ3n) is 3.93. The normalized spacial score (nSPS) is 16.8. The predicted molar refractivity (Wildman–Crippen MR) is 76.1 cm³/mol. The Labute approximate surface area is 121 Å². The van der Waals surface area contributed by atoms with Crippen molar-refractivity contribution in [2.75, 3.05) is 13.1 Å². The molecule has 1 fully saturated rings. The van der Waals surface area contributed by atoms with Crippen LogP contribution in [-0.2, 0) is 11.8 Å². The lowest BCUT2D eigenvalue weighted by Crippen LogP contribution is -2.58. The minimum atomic E-state index is -0.406. The molecule has 2 aromatic rings. The average molecular weight is 294 g/mol. The maximum absolute atomic E-state index is 14.1. The Hall–Kier alpha value is -1.45. The molecule has 0 amide bonds. The molecule has 0 bridgehead atoms. The minimum absolute atomic E-state index is 0.110. The molecule has 0 atom stereocenters. The van der Waals surface area contributed by atoms with Gasteiger partial charge in [0, 0.05) is 18.5 Å². The quantitative estimate of drug-likeness (QED) is 0.910. The van der Waals surface area contributed by atoms with Crippen molar-refractivity contribution in [3.05, 3.63) is 70.2 Å². The van der Waals surface area contributed by atoms with Gasteiger partial charge in [-0.3, -0.25) is 0 Å². The van der Waals surface area contributed by atoms with Crippen molar-refractivity contribution in [1.82, 2.24) is 5.32 Å². The number of hydrogen-bond acceptors (Lipinski definition) is 1. The fraction of sp³-hybridized carbons (Fsp3) is 0.250. The third kappa shape index (κ3) is 2.21. The second-order valence-corrected chi connectivity index (χ2v) is 5.66. The van der Waals surface area contributed by atoms with Crippen LogP contribution in [0.25, 0.3) is 0 Å². The zero-order valence-corrected chi connectivity index (χ0v) is 11.6. The Morgan fingerprint density at radius 2 is 1.80 bits per heavy atom. The summed E-state index contributed by atoms with van der Waals surface area (Å²) >= 11 is 5.82. The summed E-state index contributed by atoms with van der Waals surface area (Å²) in [5.41, 5.74) is 0.775. The highest BCUT2D eigenvalue weighted by Gasteiger charge is 2.41. The summed E-state index contributed by atoms with van der Waals surface area (Å²) in [7, 11) is 0. The summed E-state index contributed by atoms with van der Waals surface area (Å²) in [5, 5.41) is 3.27. The van der Waals surface area contributed by atoms with Crippen molar-refractivity contribution >= 4 is 11.6 Å². The van der Waals surface area contributed by atoms with Crippen molar-refractivity contribution < 1.29 is 8.78 Å². The van der Waals surface area contributed by atoms with E-state index in [1.165, 1.54) is 12.1 Å². The van der Waals surface area contributed by atoms with Crippen LogP contribution in [0.1, 0.15) is 11.1 Å². The van der Waals surface area contributed by atoms with Crippen molar-refractivity contribution in [1.29, 1.82) is 0 Å². The molecule has 20 heavy (non-hydrogen) atoms. The highest BCUT2D eigenvalue weighted by atomic mass is 35.5. The van der Waals surface area contributed by atoms with E-state index in [4.69, 9.17) is 11.6 Å². The van der Waals surface area contributed by atoms with Gasteiger partial charge in [0.2, 0.25) is 0 Å². The molecule has 4 heteroatoms. The van der Waals surface area contributed by atoms with Crippen LogP contribution in [-0.4, -0.2) is 13.1 Å². The molecule has 0 saturated carbocycles. The van der Waals surface area contributed by atoms with E-state index >= 15 is 0 Å². The number of nitrogens with one attached hydrogen (secondary N) is 1. The first-order valence-electron chi connectivity index (χ1n) is 6.51. The topological polar surface area (TPSA) is 12.0 Å². The largest absolute Gasteiger partial charge is 0.315 e. The maximum Gasteiger partial charge on any atom is 0.145 e. The van der Waals surface area contributed by atoms with Gasteiger partial charge in [-0.25, -0.2) is 8.78 Å². The molecule has 1 nitrogen and oxygen atoms in total. The molecule has 0 aromatic heterocycles. The summed E-state index contributed by atoms with van der Waals surface area (Å²) in [6.07, 6.45) is 0.438. The van der Waals surface area contributed by atoms with Crippen molar-refractivity contribution in [2.24, 2.45) is 0 Å². The summed E-state index contributed by atoms with van der Waals surface area (Å²) in [5.74, 6) is -0.645. The SMILES string of the molecule is Fc1ccccc1C1(Cc2cccc(Cl)c2F)CNC1. The number of benzene rings is 2. The summed E-state index contributed by atoms with van der Waals surface area (Å²) in [6, 6.07) is 11.7. The molecule has 1 saturated heterocycles. The Kier molecular flexibility index (Phi) is 3.48. The molecule has 104 valence electrons. The third-order valence-corrected chi connectivity index (χ3v) is 4.22. The highest BCUT2D eigenvalue weighted by Crippen LogP contribution is 2.35. The fourth-order valence-electron chi connectivity index (χ4n) is 2.78. The smallest absolute Gasteiger partial charge is 0.145 e. The molecular weight excluding hydrogens is 280 g/mol. The number of rotatable bonds is 3. The van der Waals surface area contributed by atoms with Crippen LogP contribution in [0.4, 0.5) is 8.78 Å². The van der Waals surface area contributed by atoms with E-state index in [2.05, 4.69) is 5.32 Å². The lowest BCUT2D eigenvalue weighted by molar-refractivity contribution is 0.263. The monoisotopic (exact) mass is 293 g/mol. The Balaban J connectivity index is 1.99. The van der Waals surface area contributed by atoms with Gasteiger partial charge in [0.05, 0.1) is 5.02 Å². The molecule has 0 radical (unpaired) electrons. The first kappa shape index (κ1) is 13.5. The van der Waals surface area contributed by atoms with E-state index in [9.17, 15) is 8.78 Å². The summed E-state index contributed by atoms with van der Waals surface area (Å²) < 4.78 is 28.1. The van der Waals surface area contributed by atoms with E-state index in [0.29, 0.717) is 30.6 Å². The molecule has 1 heterocycles. The standard InChI is InChI=1S/C16H14ClF2N/c17-13-6-3-4-11(15(13)19)8-16(9-20-10-16)12-5-1-2-7-14(12)18/h1-7,20H,8-10H2. The molecule has 2 aromatic carbocycles. The van der Waals surface area contributed by atoms with E-state index in [-0.39, 0.29) is 10.8 Å². The van der Waals surface area contributed by atoms with E-state index in [0.717, 1.165) is 0 Å². The first-order valence-corrected chi connectivity index (χ1v) is 6.89. The van der Waals surface area contributed by atoms with Gasteiger partial charge >= 0.3 is 0 Å². The molecule has 1 N–H and O–H groups in total. The molecular formula is C16H14ClF2N. The molecule has 0 aliphatic carbocycles. The molecule has 1 aliphatic heterocycles. The summed E-state index contributed by atoms with van der Waals surface area (Å²) in [6.45, 7) is 1.28. The van der Waals surface area contributed by atoms with Gasteiger partial charge in [-0.2, -0.15) is 0 Å². The van der Waals surface area contributed by atoms with Crippen LogP contribution in [0.5, 0.6) is 0 Å². The van der Waals surface area contributed by atoms with Crippen LogP contribution in [0.2, 0.25) is 5.02 Å². The van der Waals surface area contributed by atoms with Gasteiger partial charge < -0.3 is 5.32 Å². The van der Waals surface area contributed by atoms with Crippen LogP contribution in [0.15, 0.2) is 42.5 Å². The average Bonchev–Trinajstić information content (AvgIpc) is 2.40. The Morgan fingerprint density at radius 1 is 1.05 bits per heavy atom. The van der Waals surface area contributed by atoms with E-state index < -0.39 is 11.2 Å². The van der Waals surface area contributed by atoms with Gasteiger partial charge in [0.15, 0.2) is 0 Å². The Bertz CT molecular complexity index is 638. The fourth-order valence-corrected chi connectivity index (χ4v) is 2.97. The van der Waals surface area contributed by atoms with Gasteiger partial charge in [-0.15, -0.1) is 0 Å². The van der Waals surface area contributed by atoms with Gasteiger partial charge in [-0.1, -0.05) is 41.9 Å². The van der Waals surface area contributed by atoms with Gasteiger partial charge in [0.25, 0.3) is 0 Å². The van der Waals surface area contributed by atoms with E-state index in [1.54, 1.807) is 24.3 Å². The molecule has 0 unspecified atom stereocenters. The highest BCUT2D eigenvalue weighted by molar-refractivity contribution is 6.30. The molecule has 0 spiro atoms. The Morgan fingerprint density at radius 3 is 2.45 bits per heavy atom.